The summed E-state index contributed by atoms with van der Waals surface area (Å²) in [7, 11) is 0. The van der Waals surface area contributed by atoms with E-state index in [1.165, 1.54) is 0 Å². The van der Waals surface area contributed by atoms with Crippen molar-refractivity contribution >= 4 is 22.6 Å². The first-order valence-corrected chi connectivity index (χ1v) is 10.5. The lowest BCUT2D eigenvalue weighted by molar-refractivity contribution is -0.115. The van der Waals surface area contributed by atoms with Gasteiger partial charge in [-0.25, -0.2) is 4.79 Å². The predicted molar refractivity (Wildman–Crippen MR) is 120 cm³/mol. The molecule has 0 fully saturated rings. The molecule has 1 amide bonds. The summed E-state index contributed by atoms with van der Waals surface area (Å²) in [5, 5.41) is 12.6. The van der Waals surface area contributed by atoms with Crippen LogP contribution >= 0.6 is 0 Å². The lowest BCUT2D eigenvalue weighted by Crippen LogP contribution is -2.32. The molecule has 6 heteroatoms. The van der Waals surface area contributed by atoms with Gasteiger partial charge in [-0.1, -0.05) is 12.1 Å². The van der Waals surface area contributed by atoms with Crippen molar-refractivity contribution < 1.29 is 19.1 Å². The van der Waals surface area contributed by atoms with Gasteiger partial charge in [0, 0.05) is 23.7 Å². The van der Waals surface area contributed by atoms with Crippen LogP contribution in [0.4, 0.5) is 5.69 Å². The summed E-state index contributed by atoms with van der Waals surface area (Å²) < 4.78 is 11.6. The molecule has 0 bridgehead atoms. The maximum absolute atomic E-state index is 12.6. The monoisotopic (exact) mass is 421 g/mol. The molecule has 2 aromatic carbocycles. The third kappa shape index (κ3) is 4.49. The largest absolute Gasteiger partial charge is 0.487 e. The van der Waals surface area contributed by atoms with Gasteiger partial charge in [-0.2, -0.15) is 0 Å². The van der Waals surface area contributed by atoms with Gasteiger partial charge in [0.25, 0.3) is 0 Å². The molecule has 6 nitrogen and oxygen atoms in total. The van der Waals surface area contributed by atoms with Crippen LogP contribution in [0.5, 0.6) is 5.75 Å². The van der Waals surface area contributed by atoms with Gasteiger partial charge in [0.2, 0.25) is 5.91 Å². The first-order valence-electron chi connectivity index (χ1n) is 10.5. The number of fused-ring (bicyclic) bond motifs is 2. The molecule has 0 spiro atoms. The van der Waals surface area contributed by atoms with Gasteiger partial charge in [-0.3, -0.25) is 4.79 Å². The molecule has 1 aliphatic rings. The highest BCUT2D eigenvalue weighted by Gasteiger charge is 2.27. The van der Waals surface area contributed by atoms with Crippen LogP contribution in [0.25, 0.3) is 11.0 Å². The van der Waals surface area contributed by atoms with Crippen molar-refractivity contribution in [1.29, 1.82) is 0 Å². The number of aliphatic hydroxyl groups is 1. The van der Waals surface area contributed by atoms with Gasteiger partial charge < -0.3 is 19.6 Å². The Morgan fingerprint density at radius 1 is 1.19 bits per heavy atom. The predicted octanol–water partition coefficient (Wildman–Crippen LogP) is 3.92. The minimum Gasteiger partial charge on any atom is -0.487 e. The first kappa shape index (κ1) is 21.1. The molecule has 0 saturated heterocycles. The Morgan fingerprint density at radius 3 is 2.65 bits per heavy atom. The molecule has 3 aromatic rings. The van der Waals surface area contributed by atoms with E-state index in [9.17, 15) is 9.59 Å². The van der Waals surface area contributed by atoms with Gasteiger partial charge >= 0.3 is 5.63 Å². The van der Waals surface area contributed by atoms with Gasteiger partial charge in [0.1, 0.15) is 16.9 Å². The molecule has 1 aromatic heterocycles. The van der Waals surface area contributed by atoms with Crippen molar-refractivity contribution in [3.05, 3.63) is 69.1 Å². The third-order valence-corrected chi connectivity index (χ3v) is 5.83. The Balaban J connectivity index is 1.59. The molecular weight excluding hydrogens is 394 g/mol. The van der Waals surface area contributed by atoms with Crippen LogP contribution in [0.1, 0.15) is 42.5 Å². The zero-order valence-corrected chi connectivity index (χ0v) is 18.1. The van der Waals surface area contributed by atoms with Crippen LogP contribution in [0.3, 0.4) is 0 Å². The van der Waals surface area contributed by atoms with Crippen LogP contribution < -0.4 is 15.7 Å². The summed E-state index contributed by atoms with van der Waals surface area (Å²) in [4.78, 5) is 25.2. The second-order valence-corrected chi connectivity index (χ2v) is 8.71. The highest BCUT2D eigenvalue weighted by atomic mass is 16.5. The number of benzene rings is 2. The lowest BCUT2D eigenvalue weighted by atomic mass is 9.92. The van der Waals surface area contributed by atoms with Crippen molar-refractivity contribution in [2.24, 2.45) is 0 Å². The van der Waals surface area contributed by atoms with Gasteiger partial charge in [0.15, 0.2) is 0 Å². The van der Waals surface area contributed by atoms with Crippen LogP contribution in [0.2, 0.25) is 0 Å². The van der Waals surface area contributed by atoms with Gasteiger partial charge in [0.05, 0.1) is 12.0 Å². The highest BCUT2D eigenvalue weighted by molar-refractivity contribution is 5.93. The van der Waals surface area contributed by atoms with Gasteiger partial charge in [-0.15, -0.1) is 0 Å². The zero-order valence-electron chi connectivity index (χ0n) is 18.1. The van der Waals surface area contributed by atoms with Crippen LogP contribution in [-0.2, 0) is 24.1 Å². The van der Waals surface area contributed by atoms with E-state index < -0.39 is 5.63 Å². The number of amides is 1. The van der Waals surface area contributed by atoms with Crippen molar-refractivity contribution in [3.8, 4) is 5.75 Å². The number of nitrogens with one attached hydrogen (secondary N) is 1. The Bertz CT molecular complexity index is 1190. The number of aryl methyl sites for hydroxylation is 2. The molecule has 0 saturated carbocycles. The maximum Gasteiger partial charge on any atom is 0.340 e. The number of hydrogen-bond donors (Lipinski definition) is 2. The SMILES string of the molecule is Cc1c(CC(=O)Nc2ccc(CCO)cc2)c(=O)oc2cc3c(cc12)CCC(C)(C)O3. The van der Waals surface area contributed by atoms with Gasteiger partial charge in [-0.05, 0) is 74.9 Å². The topological polar surface area (TPSA) is 88.8 Å². The number of carbonyl (C=O) groups is 1. The average molecular weight is 421 g/mol. The molecule has 31 heavy (non-hydrogen) atoms. The van der Waals surface area contributed by atoms with E-state index in [0.29, 0.717) is 23.3 Å². The summed E-state index contributed by atoms with van der Waals surface area (Å²) in [6.45, 7) is 6.02. The fourth-order valence-electron chi connectivity index (χ4n) is 3.99. The fraction of sp³-hybridized carbons (Fsp3) is 0.360. The highest BCUT2D eigenvalue weighted by Crippen LogP contribution is 2.36. The molecule has 0 aliphatic carbocycles. The second kappa shape index (κ2) is 8.19. The molecule has 1 aliphatic heterocycles. The molecule has 0 atom stereocenters. The number of hydrogen-bond acceptors (Lipinski definition) is 5. The zero-order chi connectivity index (χ0) is 22.2. The number of aliphatic hydroxyl groups excluding tert-OH is 1. The summed E-state index contributed by atoms with van der Waals surface area (Å²) in [6.07, 6.45) is 2.30. The fourth-order valence-corrected chi connectivity index (χ4v) is 3.99. The summed E-state index contributed by atoms with van der Waals surface area (Å²) >= 11 is 0. The Morgan fingerprint density at radius 2 is 1.94 bits per heavy atom. The van der Waals surface area contributed by atoms with Crippen LogP contribution in [0, 0.1) is 6.92 Å². The van der Waals surface area contributed by atoms with E-state index in [0.717, 1.165) is 40.7 Å². The molecule has 4 rings (SSSR count). The van der Waals surface area contributed by atoms with Crippen molar-refractivity contribution in [3.63, 3.8) is 0 Å². The van der Waals surface area contributed by atoms with E-state index in [4.69, 9.17) is 14.3 Å². The number of anilines is 1. The quantitative estimate of drug-likeness (QED) is 0.610. The third-order valence-electron chi connectivity index (χ3n) is 5.83. The van der Waals surface area contributed by atoms with Crippen molar-refractivity contribution in [2.75, 3.05) is 11.9 Å². The summed E-state index contributed by atoms with van der Waals surface area (Å²) in [6, 6.07) is 11.1. The number of rotatable bonds is 5. The molecule has 0 unspecified atom stereocenters. The Hall–Kier alpha value is -3.12. The van der Waals surface area contributed by atoms with E-state index in [1.54, 1.807) is 18.2 Å². The number of carbonyl (C=O) groups excluding carboxylic acids is 1. The molecule has 2 heterocycles. The Kier molecular flexibility index (Phi) is 5.58. The van der Waals surface area contributed by atoms with Crippen LogP contribution in [-0.4, -0.2) is 23.2 Å². The number of ether oxygens (including phenoxy) is 1. The maximum atomic E-state index is 12.6. The minimum atomic E-state index is -0.506. The normalized spacial score (nSPS) is 14.7. The van der Waals surface area contributed by atoms with Crippen LogP contribution in [0.15, 0.2) is 45.6 Å². The van der Waals surface area contributed by atoms with Crippen molar-refractivity contribution in [1.82, 2.24) is 0 Å². The molecule has 162 valence electrons. The minimum absolute atomic E-state index is 0.0664. The van der Waals surface area contributed by atoms with E-state index in [1.807, 2.05) is 39.0 Å². The van der Waals surface area contributed by atoms with E-state index in [-0.39, 0.29) is 24.5 Å². The van der Waals surface area contributed by atoms with Crippen molar-refractivity contribution in [2.45, 2.75) is 52.1 Å². The second-order valence-electron chi connectivity index (χ2n) is 8.71. The molecule has 0 radical (unpaired) electrons. The Labute approximate surface area is 180 Å². The molecular formula is C25H27NO5. The van der Waals surface area contributed by atoms with E-state index >= 15 is 0 Å². The summed E-state index contributed by atoms with van der Waals surface area (Å²) in [5.74, 6) is 0.467. The standard InChI is InChI=1S/C25H27NO5/c1-15-19-12-17-8-10-25(2,3)31-21(17)14-22(19)30-24(29)20(15)13-23(28)26-18-6-4-16(5-7-18)9-11-27/h4-7,12,14,27H,8-11,13H2,1-3H3,(H,26,28). The first-order chi connectivity index (χ1) is 14.8. The molecule has 2 N–H and O–H groups in total. The summed E-state index contributed by atoms with van der Waals surface area (Å²) in [5.41, 5.74) is 3.56. The smallest absolute Gasteiger partial charge is 0.340 e. The average Bonchev–Trinajstić information content (AvgIpc) is 2.71. The lowest BCUT2D eigenvalue weighted by Gasteiger charge is -2.32. The van der Waals surface area contributed by atoms with E-state index in [2.05, 4.69) is 5.32 Å².